The first-order chi connectivity index (χ1) is 14.0. The summed E-state index contributed by atoms with van der Waals surface area (Å²) in [4.78, 5) is 26.3. The fraction of sp³-hybridized carbons (Fsp3) is 0.190. The highest BCUT2D eigenvalue weighted by molar-refractivity contribution is 5.88. The molecule has 0 amide bonds. The second-order valence-electron chi connectivity index (χ2n) is 6.59. The maximum absolute atomic E-state index is 13.6. The van der Waals surface area contributed by atoms with Gasteiger partial charge in [-0.05, 0) is 36.4 Å². The zero-order valence-corrected chi connectivity index (χ0v) is 15.4. The molecule has 3 aromatic rings. The predicted molar refractivity (Wildman–Crippen MR) is 105 cm³/mol. The van der Waals surface area contributed by atoms with Gasteiger partial charge in [-0.1, -0.05) is 18.2 Å². The highest BCUT2D eigenvalue weighted by Crippen LogP contribution is 2.23. The Hall–Kier alpha value is -3.52. The summed E-state index contributed by atoms with van der Waals surface area (Å²) in [5.74, 6) is -1.91. The smallest absolute Gasteiger partial charge is 0.341 e. The maximum Gasteiger partial charge on any atom is 0.341 e. The van der Waals surface area contributed by atoms with Crippen LogP contribution in [0.5, 0.6) is 0 Å². The Morgan fingerprint density at radius 2 is 1.76 bits per heavy atom. The summed E-state index contributed by atoms with van der Waals surface area (Å²) in [5.41, 5.74) is 0.876. The van der Waals surface area contributed by atoms with Gasteiger partial charge in [-0.25, -0.2) is 9.18 Å². The van der Waals surface area contributed by atoms with Crippen LogP contribution < -0.4 is 10.5 Å². The van der Waals surface area contributed by atoms with Crippen LogP contribution in [0.25, 0.3) is 16.9 Å². The monoisotopic (exact) mass is 395 g/mol. The molecule has 1 aliphatic rings. The van der Waals surface area contributed by atoms with Crippen LogP contribution in [0.15, 0.2) is 59.4 Å². The lowest BCUT2D eigenvalue weighted by molar-refractivity contribution is 0.0694. The first-order valence-corrected chi connectivity index (χ1v) is 9.10. The average molecular weight is 395 g/mol. The Kier molecular flexibility index (Phi) is 5.09. The number of anilines is 1. The minimum Gasteiger partial charge on any atom is -0.477 e. The largest absolute Gasteiger partial charge is 0.477 e. The fourth-order valence-corrected chi connectivity index (χ4v) is 3.24. The van der Waals surface area contributed by atoms with E-state index in [1.807, 2.05) is 24.3 Å². The SMILES string of the molecule is O=C(O)c1cc(-c2ccc(N3CCOCC3)cc2)nn(-c2cccc(F)c2)c1=O. The van der Waals surface area contributed by atoms with Gasteiger partial charge < -0.3 is 14.7 Å². The van der Waals surface area contributed by atoms with Crippen molar-refractivity contribution in [3.63, 3.8) is 0 Å². The van der Waals surface area contributed by atoms with E-state index in [2.05, 4.69) is 10.00 Å². The molecule has 0 radical (unpaired) electrons. The van der Waals surface area contributed by atoms with Gasteiger partial charge in [-0.3, -0.25) is 4.79 Å². The molecule has 2 aromatic carbocycles. The minimum atomic E-state index is -1.37. The molecule has 0 atom stereocenters. The van der Waals surface area contributed by atoms with Gasteiger partial charge in [0.1, 0.15) is 11.4 Å². The number of nitrogens with zero attached hydrogens (tertiary/aromatic N) is 3. The number of aromatic carboxylic acids is 1. The first kappa shape index (κ1) is 18.8. The van der Waals surface area contributed by atoms with Crippen LogP contribution >= 0.6 is 0 Å². The van der Waals surface area contributed by atoms with Gasteiger partial charge in [0.15, 0.2) is 0 Å². The van der Waals surface area contributed by atoms with Crippen molar-refractivity contribution in [2.45, 2.75) is 0 Å². The molecule has 4 rings (SSSR count). The molecule has 148 valence electrons. The number of morpholine rings is 1. The van der Waals surface area contributed by atoms with Crippen LogP contribution in [-0.2, 0) is 4.74 Å². The second-order valence-corrected chi connectivity index (χ2v) is 6.59. The Labute approximate surface area is 165 Å². The van der Waals surface area contributed by atoms with E-state index in [4.69, 9.17) is 4.74 Å². The first-order valence-electron chi connectivity index (χ1n) is 9.10. The van der Waals surface area contributed by atoms with E-state index < -0.39 is 22.9 Å². The molecular formula is C21H18FN3O4. The number of carboxylic acid groups (broad SMARTS) is 1. The molecule has 0 unspecified atom stereocenters. The molecule has 1 aliphatic heterocycles. The number of benzene rings is 2. The molecule has 0 bridgehead atoms. The Morgan fingerprint density at radius 3 is 2.41 bits per heavy atom. The van der Waals surface area contributed by atoms with E-state index in [0.717, 1.165) is 29.5 Å². The lowest BCUT2D eigenvalue weighted by atomic mass is 10.1. The number of carbonyl (C=O) groups is 1. The Morgan fingerprint density at radius 1 is 1.03 bits per heavy atom. The molecule has 0 spiro atoms. The number of carboxylic acids is 1. The van der Waals surface area contributed by atoms with Crippen molar-refractivity contribution >= 4 is 11.7 Å². The quantitative estimate of drug-likeness (QED) is 0.731. The lowest BCUT2D eigenvalue weighted by Crippen LogP contribution is -2.36. The summed E-state index contributed by atoms with van der Waals surface area (Å²) in [7, 11) is 0. The van der Waals surface area contributed by atoms with Crippen molar-refractivity contribution in [1.82, 2.24) is 9.78 Å². The van der Waals surface area contributed by atoms with Crippen molar-refractivity contribution in [2.24, 2.45) is 0 Å². The van der Waals surface area contributed by atoms with Gasteiger partial charge >= 0.3 is 5.97 Å². The molecule has 29 heavy (non-hydrogen) atoms. The number of hydrogen-bond acceptors (Lipinski definition) is 5. The number of rotatable bonds is 4. The molecule has 7 nitrogen and oxygen atoms in total. The summed E-state index contributed by atoms with van der Waals surface area (Å²) in [6.07, 6.45) is 0. The molecule has 2 heterocycles. The molecule has 1 saturated heterocycles. The van der Waals surface area contributed by atoms with Crippen LogP contribution in [0, 0.1) is 5.82 Å². The highest BCUT2D eigenvalue weighted by atomic mass is 19.1. The van der Waals surface area contributed by atoms with Crippen LogP contribution in [0.2, 0.25) is 0 Å². The maximum atomic E-state index is 13.6. The number of halogens is 1. The average Bonchev–Trinajstić information content (AvgIpc) is 2.74. The Bertz CT molecular complexity index is 1110. The summed E-state index contributed by atoms with van der Waals surface area (Å²) < 4.78 is 19.9. The number of aromatic nitrogens is 2. The van der Waals surface area contributed by atoms with Crippen molar-refractivity contribution in [3.05, 3.63) is 76.3 Å². The number of hydrogen-bond donors (Lipinski definition) is 1. The topological polar surface area (TPSA) is 84.7 Å². The number of ether oxygens (including phenoxy) is 1. The van der Waals surface area contributed by atoms with Crippen LogP contribution in [0.4, 0.5) is 10.1 Å². The molecule has 1 aromatic heterocycles. The van der Waals surface area contributed by atoms with E-state index in [1.165, 1.54) is 24.3 Å². The molecule has 1 fully saturated rings. The molecular weight excluding hydrogens is 377 g/mol. The summed E-state index contributed by atoms with van der Waals surface area (Å²) in [6, 6.07) is 14.0. The summed E-state index contributed by atoms with van der Waals surface area (Å²) in [5, 5.41) is 13.7. The third-order valence-corrected chi connectivity index (χ3v) is 4.73. The zero-order valence-electron chi connectivity index (χ0n) is 15.4. The predicted octanol–water partition coefficient (Wildman–Crippen LogP) is 2.57. The van der Waals surface area contributed by atoms with Gasteiger partial charge in [0.05, 0.1) is 24.6 Å². The van der Waals surface area contributed by atoms with Gasteiger partial charge in [0, 0.05) is 24.3 Å². The molecule has 0 aliphatic carbocycles. The third kappa shape index (κ3) is 3.88. The second kappa shape index (κ2) is 7.84. The highest BCUT2D eigenvalue weighted by Gasteiger charge is 2.17. The van der Waals surface area contributed by atoms with Crippen molar-refractivity contribution in [2.75, 3.05) is 31.2 Å². The zero-order chi connectivity index (χ0) is 20.4. The minimum absolute atomic E-state index is 0.157. The van der Waals surface area contributed by atoms with E-state index in [9.17, 15) is 19.1 Å². The van der Waals surface area contributed by atoms with Gasteiger partial charge in [0.25, 0.3) is 5.56 Å². The van der Waals surface area contributed by atoms with Crippen LogP contribution in [-0.4, -0.2) is 47.2 Å². The van der Waals surface area contributed by atoms with Crippen molar-refractivity contribution in [3.8, 4) is 16.9 Å². The van der Waals surface area contributed by atoms with Gasteiger partial charge in [-0.2, -0.15) is 9.78 Å². The van der Waals surface area contributed by atoms with E-state index in [1.54, 1.807) is 0 Å². The Balaban J connectivity index is 1.77. The van der Waals surface area contributed by atoms with Crippen molar-refractivity contribution < 1.29 is 19.0 Å². The van der Waals surface area contributed by atoms with Gasteiger partial charge in [0.2, 0.25) is 0 Å². The fourth-order valence-electron chi connectivity index (χ4n) is 3.24. The normalized spacial score (nSPS) is 14.0. The summed E-state index contributed by atoms with van der Waals surface area (Å²) >= 11 is 0. The van der Waals surface area contributed by atoms with Crippen molar-refractivity contribution in [1.29, 1.82) is 0 Å². The van der Waals surface area contributed by atoms with E-state index in [-0.39, 0.29) is 5.69 Å². The molecule has 8 heteroatoms. The molecule has 0 saturated carbocycles. The van der Waals surface area contributed by atoms with E-state index in [0.29, 0.717) is 24.5 Å². The van der Waals surface area contributed by atoms with E-state index >= 15 is 0 Å². The van der Waals surface area contributed by atoms with Crippen LogP contribution in [0.1, 0.15) is 10.4 Å². The standard InChI is InChI=1S/C21H18FN3O4/c22-15-2-1-3-17(12-15)25-20(26)18(21(27)28)13-19(23-25)14-4-6-16(7-5-14)24-8-10-29-11-9-24/h1-7,12-13H,8-11H2,(H,27,28). The third-order valence-electron chi connectivity index (χ3n) is 4.73. The lowest BCUT2D eigenvalue weighted by Gasteiger charge is -2.28. The van der Waals surface area contributed by atoms with Crippen LogP contribution in [0.3, 0.4) is 0 Å². The van der Waals surface area contributed by atoms with Gasteiger partial charge in [-0.15, -0.1) is 0 Å². The molecule has 1 N–H and O–H groups in total. The summed E-state index contributed by atoms with van der Waals surface area (Å²) in [6.45, 7) is 2.93.